The molecule has 0 saturated carbocycles. The van der Waals surface area contributed by atoms with Crippen molar-refractivity contribution in [3.05, 3.63) is 35.4 Å². The van der Waals surface area contributed by atoms with Gasteiger partial charge in [0.15, 0.2) is 4.34 Å². The summed E-state index contributed by atoms with van der Waals surface area (Å²) in [5.41, 5.74) is 0.180. The summed E-state index contributed by atoms with van der Waals surface area (Å²) in [4.78, 5) is 10.4. The Kier molecular flexibility index (Phi) is 4.85. The van der Waals surface area contributed by atoms with Crippen molar-refractivity contribution in [1.29, 1.82) is 0 Å². The molecule has 0 fully saturated rings. The highest BCUT2D eigenvalue weighted by molar-refractivity contribution is 8.01. The zero-order chi connectivity index (χ0) is 14.5. The Morgan fingerprint density at radius 1 is 1.40 bits per heavy atom. The van der Waals surface area contributed by atoms with Gasteiger partial charge in [0.05, 0.1) is 5.75 Å². The van der Waals surface area contributed by atoms with Gasteiger partial charge in [-0.3, -0.25) is 4.79 Å². The zero-order valence-electron chi connectivity index (χ0n) is 9.97. The number of hydrogen-bond donors (Lipinski definition) is 2. The molecule has 106 valence electrons. The molecule has 9 heteroatoms. The fourth-order valence-corrected chi connectivity index (χ4v) is 2.78. The van der Waals surface area contributed by atoms with Crippen molar-refractivity contribution >= 4 is 34.2 Å². The molecule has 0 radical (unpaired) electrons. The molecule has 1 heterocycles. The number of benzene rings is 1. The van der Waals surface area contributed by atoms with Gasteiger partial charge in [0, 0.05) is 12.1 Å². The fourth-order valence-electron chi connectivity index (χ4n) is 1.31. The average molecular weight is 317 g/mol. The highest BCUT2D eigenvalue weighted by Gasteiger charge is 2.08. The standard InChI is InChI=1S/C11H9F2N3O2S2/c12-7-1-2-8(13)6(3-7)4-14-10-15-16-11(20-10)19-5-9(17)18/h1-3H,4-5H2,(H,14,15)(H,17,18). The molecule has 0 aliphatic rings. The number of carboxylic acid groups (broad SMARTS) is 1. The molecule has 1 aromatic heterocycles. The molecule has 0 bridgehead atoms. The molecule has 0 atom stereocenters. The van der Waals surface area contributed by atoms with Crippen molar-refractivity contribution in [2.24, 2.45) is 0 Å². The van der Waals surface area contributed by atoms with Crippen LogP contribution in [0, 0.1) is 11.6 Å². The number of thioether (sulfide) groups is 1. The van der Waals surface area contributed by atoms with Gasteiger partial charge in [-0.1, -0.05) is 23.1 Å². The first-order chi connectivity index (χ1) is 9.54. The second-order valence-corrected chi connectivity index (χ2v) is 5.84. The summed E-state index contributed by atoms with van der Waals surface area (Å²) in [5, 5.41) is 19.3. The van der Waals surface area contributed by atoms with E-state index in [0.29, 0.717) is 9.47 Å². The molecular weight excluding hydrogens is 308 g/mol. The highest BCUT2D eigenvalue weighted by atomic mass is 32.2. The molecule has 20 heavy (non-hydrogen) atoms. The van der Waals surface area contributed by atoms with Crippen LogP contribution in [0.2, 0.25) is 0 Å². The maximum Gasteiger partial charge on any atom is 0.313 e. The largest absolute Gasteiger partial charge is 0.481 e. The molecule has 1 aromatic carbocycles. The minimum atomic E-state index is -0.943. The minimum Gasteiger partial charge on any atom is -0.481 e. The average Bonchev–Trinajstić information content (AvgIpc) is 2.85. The first-order valence-electron chi connectivity index (χ1n) is 5.40. The van der Waals surface area contributed by atoms with Crippen LogP contribution < -0.4 is 5.32 Å². The van der Waals surface area contributed by atoms with Gasteiger partial charge in [-0.05, 0) is 18.2 Å². The lowest BCUT2D eigenvalue weighted by molar-refractivity contribution is -0.133. The smallest absolute Gasteiger partial charge is 0.313 e. The summed E-state index contributed by atoms with van der Waals surface area (Å²) < 4.78 is 26.8. The summed E-state index contributed by atoms with van der Waals surface area (Å²) >= 11 is 2.20. The second kappa shape index (κ2) is 6.62. The van der Waals surface area contributed by atoms with Gasteiger partial charge in [-0.2, -0.15) is 0 Å². The fraction of sp³-hybridized carbons (Fsp3) is 0.182. The van der Waals surface area contributed by atoms with E-state index >= 15 is 0 Å². The topological polar surface area (TPSA) is 75.1 Å². The van der Waals surface area contributed by atoms with Crippen LogP contribution in [-0.2, 0) is 11.3 Å². The van der Waals surface area contributed by atoms with Crippen LogP contribution in [0.25, 0.3) is 0 Å². The van der Waals surface area contributed by atoms with Crippen molar-refractivity contribution in [1.82, 2.24) is 10.2 Å². The van der Waals surface area contributed by atoms with E-state index in [2.05, 4.69) is 15.5 Å². The second-order valence-electron chi connectivity index (χ2n) is 3.64. The third-order valence-corrected chi connectivity index (χ3v) is 4.16. The first kappa shape index (κ1) is 14.7. The summed E-state index contributed by atoms with van der Waals surface area (Å²) in [6.07, 6.45) is 0. The third kappa shape index (κ3) is 4.14. The van der Waals surface area contributed by atoms with Gasteiger partial charge in [0.1, 0.15) is 11.6 Å². The van der Waals surface area contributed by atoms with Crippen molar-refractivity contribution in [3.63, 3.8) is 0 Å². The Balaban J connectivity index is 1.94. The van der Waals surface area contributed by atoms with Crippen LogP contribution >= 0.6 is 23.1 Å². The lowest BCUT2D eigenvalue weighted by Gasteiger charge is -2.03. The van der Waals surface area contributed by atoms with E-state index in [4.69, 9.17) is 5.11 Å². The molecule has 5 nitrogen and oxygen atoms in total. The predicted octanol–water partition coefficient (Wildman–Crippen LogP) is 2.61. The van der Waals surface area contributed by atoms with Crippen LogP contribution in [0.4, 0.5) is 13.9 Å². The van der Waals surface area contributed by atoms with E-state index in [9.17, 15) is 13.6 Å². The lowest BCUT2D eigenvalue weighted by Crippen LogP contribution is -2.02. The summed E-state index contributed by atoms with van der Waals surface area (Å²) in [6.45, 7) is 0.0713. The van der Waals surface area contributed by atoms with Crippen LogP contribution in [-0.4, -0.2) is 27.0 Å². The maximum atomic E-state index is 13.4. The number of halogens is 2. The number of carbonyl (C=O) groups is 1. The number of anilines is 1. The van der Waals surface area contributed by atoms with Gasteiger partial charge in [0.25, 0.3) is 0 Å². The Morgan fingerprint density at radius 3 is 2.95 bits per heavy atom. The van der Waals surface area contributed by atoms with Crippen molar-refractivity contribution in [2.45, 2.75) is 10.9 Å². The molecule has 2 aromatic rings. The third-order valence-electron chi connectivity index (χ3n) is 2.16. The van der Waals surface area contributed by atoms with E-state index in [1.165, 1.54) is 0 Å². The summed E-state index contributed by atoms with van der Waals surface area (Å²) in [5.74, 6) is -2.07. The number of hydrogen-bond acceptors (Lipinski definition) is 6. The van der Waals surface area contributed by atoms with Crippen molar-refractivity contribution < 1.29 is 18.7 Å². The van der Waals surface area contributed by atoms with E-state index in [-0.39, 0.29) is 17.9 Å². The van der Waals surface area contributed by atoms with Crippen molar-refractivity contribution in [2.75, 3.05) is 11.1 Å². The number of aliphatic carboxylic acids is 1. The Labute approximate surface area is 121 Å². The maximum absolute atomic E-state index is 13.4. The number of nitrogens with zero attached hydrogens (tertiary/aromatic N) is 2. The lowest BCUT2D eigenvalue weighted by atomic mass is 10.2. The van der Waals surface area contributed by atoms with Crippen LogP contribution in [0.1, 0.15) is 5.56 Å². The molecule has 0 spiro atoms. The van der Waals surface area contributed by atoms with Crippen LogP contribution in [0.3, 0.4) is 0 Å². The normalized spacial score (nSPS) is 10.5. The molecule has 0 unspecified atom stereocenters. The molecular formula is C11H9F2N3O2S2. The van der Waals surface area contributed by atoms with Crippen molar-refractivity contribution in [3.8, 4) is 0 Å². The molecule has 0 aliphatic carbocycles. The molecule has 2 N–H and O–H groups in total. The van der Waals surface area contributed by atoms with Crippen LogP contribution in [0.5, 0.6) is 0 Å². The molecule has 0 aliphatic heterocycles. The van der Waals surface area contributed by atoms with Gasteiger partial charge >= 0.3 is 5.97 Å². The number of carboxylic acids is 1. The van der Waals surface area contributed by atoms with Gasteiger partial charge in [-0.25, -0.2) is 8.78 Å². The van der Waals surface area contributed by atoms with E-state index < -0.39 is 17.6 Å². The predicted molar refractivity (Wildman–Crippen MR) is 72.0 cm³/mol. The van der Waals surface area contributed by atoms with E-state index in [0.717, 1.165) is 41.3 Å². The summed E-state index contributed by atoms with van der Waals surface area (Å²) in [7, 11) is 0. The van der Waals surface area contributed by atoms with Gasteiger partial charge in [0.2, 0.25) is 5.13 Å². The highest BCUT2D eigenvalue weighted by Crippen LogP contribution is 2.25. The van der Waals surface area contributed by atoms with E-state index in [1.807, 2.05) is 0 Å². The van der Waals surface area contributed by atoms with Crippen LogP contribution in [0.15, 0.2) is 22.5 Å². The van der Waals surface area contributed by atoms with Gasteiger partial charge in [-0.15, -0.1) is 10.2 Å². The van der Waals surface area contributed by atoms with Gasteiger partial charge < -0.3 is 10.4 Å². The molecule has 0 amide bonds. The monoisotopic (exact) mass is 317 g/mol. The minimum absolute atomic E-state index is 0.0713. The summed E-state index contributed by atoms with van der Waals surface area (Å²) in [6, 6.07) is 3.20. The number of aromatic nitrogens is 2. The Hall–Kier alpha value is -1.74. The molecule has 0 saturated heterocycles. The number of nitrogens with one attached hydrogen (secondary N) is 1. The number of rotatable bonds is 6. The quantitative estimate of drug-likeness (QED) is 0.798. The first-order valence-corrected chi connectivity index (χ1v) is 7.20. The SMILES string of the molecule is O=C(O)CSc1nnc(NCc2cc(F)ccc2F)s1. The zero-order valence-corrected chi connectivity index (χ0v) is 11.6. The van der Waals surface area contributed by atoms with E-state index in [1.54, 1.807) is 0 Å². The Morgan fingerprint density at radius 2 is 2.20 bits per heavy atom. The molecule has 2 rings (SSSR count). The Bertz CT molecular complexity index is 621.